The third-order valence-corrected chi connectivity index (χ3v) is 4.62. The van der Waals surface area contributed by atoms with Gasteiger partial charge in [-0.25, -0.2) is 4.98 Å². The van der Waals surface area contributed by atoms with E-state index >= 15 is 0 Å². The molecule has 1 aromatic heterocycles. The van der Waals surface area contributed by atoms with E-state index in [0.717, 1.165) is 24.0 Å². The number of carbonyl (C=O) groups is 2. The van der Waals surface area contributed by atoms with E-state index in [1.54, 1.807) is 25.3 Å². The number of rotatable bonds is 5. The van der Waals surface area contributed by atoms with Crippen molar-refractivity contribution in [2.45, 2.75) is 39.2 Å². The Hall–Kier alpha value is -2.89. The van der Waals surface area contributed by atoms with Gasteiger partial charge in [0.25, 0.3) is 5.91 Å². The lowest BCUT2D eigenvalue weighted by molar-refractivity contribution is -0.115. The number of likely N-dealkylation sites (tertiary alicyclic amines) is 1. The number of piperidine rings is 1. The molecular formula is C21H25N3O3. The van der Waals surface area contributed by atoms with Crippen LogP contribution in [0.3, 0.4) is 0 Å². The fourth-order valence-corrected chi connectivity index (χ4v) is 3.08. The molecule has 0 unspecified atom stereocenters. The predicted molar refractivity (Wildman–Crippen MR) is 104 cm³/mol. The van der Waals surface area contributed by atoms with E-state index in [0.29, 0.717) is 31.1 Å². The predicted octanol–water partition coefficient (Wildman–Crippen LogP) is 3.42. The zero-order valence-corrected chi connectivity index (χ0v) is 15.8. The van der Waals surface area contributed by atoms with Crippen LogP contribution in [0, 0.1) is 6.92 Å². The monoisotopic (exact) mass is 367 g/mol. The van der Waals surface area contributed by atoms with Crippen LogP contribution in [-0.4, -0.2) is 40.9 Å². The topological polar surface area (TPSA) is 71.5 Å². The number of aryl methyl sites for hydroxylation is 1. The number of nitrogens with zero attached hydrogens (tertiary/aromatic N) is 2. The lowest BCUT2D eigenvalue weighted by Gasteiger charge is -2.32. The van der Waals surface area contributed by atoms with Crippen LogP contribution in [-0.2, 0) is 4.79 Å². The maximum Gasteiger partial charge on any atom is 0.253 e. The molecule has 27 heavy (non-hydrogen) atoms. The number of aromatic nitrogens is 1. The van der Waals surface area contributed by atoms with Gasteiger partial charge in [0, 0.05) is 44.0 Å². The summed E-state index contributed by atoms with van der Waals surface area (Å²) in [4.78, 5) is 30.1. The summed E-state index contributed by atoms with van der Waals surface area (Å²) in [6.45, 7) is 5.13. The van der Waals surface area contributed by atoms with Crippen LogP contribution in [0.1, 0.15) is 42.1 Å². The lowest BCUT2D eigenvalue weighted by Crippen LogP contribution is -2.41. The molecule has 2 amide bonds. The third-order valence-electron chi connectivity index (χ3n) is 4.62. The van der Waals surface area contributed by atoms with Crippen molar-refractivity contribution >= 4 is 17.5 Å². The summed E-state index contributed by atoms with van der Waals surface area (Å²) in [5.74, 6) is 0.565. The molecule has 1 aliphatic rings. The van der Waals surface area contributed by atoms with Gasteiger partial charge in [-0.1, -0.05) is 24.6 Å². The van der Waals surface area contributed by atoms with E-state index in [1.807, 2.05) is 36.1 Å². The Morgan fingerprint density at radius 3 is 2.63 bits per heavy atom. The van der Waals surface area contributed by atoms with Crippen molar-refractivity contribution in [1.29, 1.82) is 0 Å². The Morgan fingerprint density at radius 2 is 2.00 bits per heavy atom. The Morgan fingerprint density at radius 1 is 1.22 bits per heavy atom. The first-order valence-corrected chi connectivity index (χ1v) is 9.33. The van der Waals surface area contributed by atoms with Gasteiger partial charge >= 0.3 is 0 Å². The van der Waals surface area contributed by atoms with Crippen molar-refractivity contribution in [2.75, 3.05) is 18.4 Å². The molecular weight excluding hydrogens is 342 g/mol. The maximum atomic E-state index is 12.6. The van der Waals surface area contributed by atoms with Crippen molar-refractivity contribution in [3.8, 4) is 5.88 Å². The molecule has 2 heterocycles. The molecule has 3 rings (SSSR count). The first-order chi connectivity index (χ1) is 13.0. The first-order valence-electron chi connectivity index (χ1n) is 9.33. The fourth-order valence-electron chi connectivity index (χ4n) is 3.08. The van der Waals surface area contributed by atoms with E-state index in [2.05, 4.69) is 10.3 Å². The number of ether oxygens (including phenoxy) is 1. The highest BCUT2D eigenvalue weighted by atomic mass is 16.5. The summed E-state index contributed by atoms with van der Waals surface area (Å²) in [5.41, 5.74) is 2.48. The zero-order valence-electron chi connectivity index (χ0n) is 15.8. The molecule has 6 nitrogen and oxygen atoms in total. The first kappa shape index (κ1) is 18.9. The maximum absolute atomic E-state index is 12.6. The summed E-state index contributed by atoms with van der Waals surface area (Å²) < 4.78 is 5.93. The van der Waals surface area contributed by atoms with Crippen molar-refractivity contribution in [3.63, 3.8) is 0 Å². The number of hydrogen-bond acceptors (Lipinski definition) is 4. The fraction of sp³-hybridized carbons (Fsp3) is 0.381. The molecule has 0 aliphatic carbocycles. The second kappa shape index (κ2) is 8.66. The van der Waals surface area contributed by atoms with Crippen LogP contribution in [0.5, 0.6) is 5.88 Å². The molecule has 0 spiro atoms. The Labute approximate surface area is 159 Å². The summed E-state index contributed by atoms with van der Waals surface area (Å²) >= 11 is 0. The average Bonchev–Trinajstić information content (AvgIpc) is 2.69. The van der Waals surface area contributed by atoms with Crippen LogP contribution < -0.4 is 10.1 Å². The van der Waals surface area contributed by atoms with Gasteiger partial charge in [0.05, 0.1) is 11.9 Å². The van der Waals surface area contributed by atoms with Gasteiger partial charge in [-0.05, 0) is 25.1 Å². The number of anilines is 1. The van der Waals surface area contributed by atoms with Gasteiger partial charge in [-0.3, -0.25) is 9.59 Å². The minimum atomic E-state index is -0.0453. The molecule has 0 saturated carbocycles. The normalized spacial score (nSPS) is 14.7. The third kappa shape index (κ3) is 5.06. The molecule has 0 atom stereocenters. The SMILES string of the molecule is CCC(=O)Nc1ccc(OC2CCN(C(=O)c3cccc(C)c3)CC2)nc1. The molecule has 6 heteroatoms. The largest absolute Gasteiger partial charge is 0.474 e. The number of amides is 2. The van der Waals surface area contributed by atoms with E-state index in [9.17, 15) is 9.59 Å². The summed E-state index contributed by atoms with van der Waals surface area (Å²) in [7, 11) is 0. The minimum Gasteiger partial charge on any atom is -0.474 e. The van der Waals surface area contributed by atoms with E-state index < -0.39 is 0 Å². The molecule has 2 aromatic rings. The summed E-state index contributed by atoms with van der Waals surface area (Å²) in [6, 6.07) is 11.2. The second-order valence-electron chi connectivity index (χ2n) is 6.77. The van der Waals surface area contributed by atoms with Gasteiger partial charge in [-0.2, -0.15) is 0 Å². The molecule has 1 aliphatic heterocycles. The molecule has 142 valence electrons. The number of pyridine rings is 1. The molecule has 0 radical (unpaired) electrons. The van der Waals surface area contributed by atoms with Gasteiger partial charge < -0.3 is 15.0 Å². The molecule has 0 bridgehead atoms. The van der Waals surface area contributed by atoms with Crippen molar-refractivity contribution in [3.05, 3.63) is 53.7 Å². The van der Waals surface area contributed by atoms with Crippen LogP contribution in [0.25, 0.3) is 0 Å². The molecule has 1 saturated heterocycles. The number of carbonyl (C=O) groups excluding carboxylic acids is 2. The van der Waals surface area contributed by atoms with Gasteiger partial charge in [0.1, 0.15) is 6.10 Å². The highest BCUT2D eigenvalue weighted by Crippen LogP contribution is 2.20. The number of hydrogen-bond donors (Lipinski definition) is 1. The van der Waals surface area contributed by atoms with Gasteiger partial charge in [0.2, 0.25) is 11.8 Å². The number of nitrogens with one attached hydrogen (secondary N) is 1. The smallest absolute Gasteiger partial charge is 0.253 e. The summed E-state index contributed by atoms with van der Waals surface area (Å²) in [6.07, 6.45) is 3.61. The average molecular weight is 367 g/mol. The highest BCUT2D eigenvalue weighted by Gasteiger charge is 2.25. The molecule has 1 N–H and O–H groups in total. The zero-order chi connectivity index (χ0) is 19.2. The van der Waals surface area contributed by atoms with Crippen LogP contribution in [0.2, 0.25) is 0 Å². The van der Waals surface area contributed by atoms with Crippen LogP contribution >= 0.6 is 0 Å². The van der Waals surface area contributed by atoms with E-state index in [1.165, 1.54) is 0 Å². The Bertz CT molecular complexity index is 797. The van der Waals surface area contributed by atoms with E-state index in [4.69, 9.17) is 4.74 Å². The minimum absolute atomic E-state index is 0.0372. The van der Waals surface area contributed by atoms with Crippen molar-refractivity contribution in [2.24, 2.45) is 0 Å². The Balaban J connectivity index is 1.50. The van der Waals surface area contributed by atoms with Gasteiger partial charge in [0.15, 0.2) is 0 Å². The number of benzene rings is 1. The van der Waals surface area contributed by atoms with Crippen molar-refractivity contribution < 1.29 is 14.3 Å². The quantitative estimate of drug-likeness (QED) is 0.879. The van der Waals surface area contributed by atoms with Gasteiger partial charge in [-0.15, -0.1) is 0 Å². The standard InChI is InChI=1S/C21H25N3O3/c1-3-19(25)23-17-7-8-20(22-14-17)27-18-9-11-24(12-10-18)21(26)16-6-4-5-15(2)13-16/h4-8,13-14,18H,3,9-12H2,1-2H3,(H,23,25). The molecule has 1 aromatic carbocycles. The van der Waals surface area contributed by atoms with Crippen LogP contribution in [0.4, 0.5) is 5.69 Å². The van der Waals surface area contributed by atoms with Crippen LogP contribution in [0.15, 0.2) is 42.6 Å². The summed E-state index contributed by atoms with van der Waals surface area (Å²) in [5, 5.41) is 2.76. The lowest BCUT2D eigenvalue weighted by atomic mass is 10.1. The molecule has 1 fully saturated rings. The van der Waals surface area contributed by atoms with Crippen molar-refractivity contribution in [1.82, 2.24) is 9.88 Å². The highest BCUT2D eigenvalue weighted by molar-refractivity contribution is 5.94. The van der Waals surface area contributed by atoms with E-state index in [-0.39, 0.29) is 17.9 Å². The second-order valence-corrected chi connectivity index (χ2v) is 6.77. The Kier molecular flexibility index (Phi) is 6.06.